The van der Waals surface area contributed by atoms with E-state index in [2.05, 4.69) is 25.6 Å². The largest absolute Gasteiger partial charge is 0.444 e. The second-order valence-corrected chi connectivity index (χ2v) is 9.03. The van der Waals surface area contributed by atoms with Crippen molar-refractivity contribution in [2.75, 3.05) is 27.2 Å². The number of carbonyl (C=O) groups is 1. The summed E-state index contributed by atoms with van der Waals surface area (Å²) in [5, 5.41) is 6.56. The van der Waals surface area contributed by atoms with Gasteiger partial charge in [-0.1, -0.05) is 0 Å². The first-order chi connectivity index (χ1) is 12.7. The summed E-state index contributed by atoms with van der Waals surface area (Å²) in [7, 11) is 3.77. The zero-order valence-corrected chi connectivity index (χ0v) is 18.2. The van der Waals surface area contributed by atoms with Crippen molar-refractivity contribution in [2.45, 2.75) is 65.1 Å². The summed E-state index contributed by atoms with van der Waals surface area (Å²) in [5.74, 6) is 0.801. The molecule has 1 aliphatic rings. The zero-order chi connectivity index (χ0) is 20.0. The summed E-state index contributed by atoms with van der Waals surface area (Å²) in [4.78, 5) is 25.3. The van der Waals surface area contributed by atoms with Gasteiger partial charge in [-0.15, -0.1) is 11.3 Å². The molecular weight excluding hydrogens is 362 g/mol. The number of guanidine groups is 1. The van der Waals surface area contributed by atoms with E-state index in [4.69, 9.17) is 4.74 Å². The Morgan fingerprint density at radius 3 is 2.81 bits per heavy atom. The maximum absolute atomic E-state index is 12.5. The minimum absolute atomic E-state index is 0.111. The molecule has 0 aliphatic carbocycles. The molecule has 152 valence electrons. The molecule has 0 aromatic carbocycles. The number of hydrogen-bond donors (Lipinski definition) is 1. The average Bonchev–Trinajstić information content (AvgIpc) is 2.99. The highest BCUT2D eigenvalue weighted by atomic mass is 32.1. The van der Waals surface area contributed by atoms with Crippen molar-refractivity contribution in [3.63, 3.8) is 0 Å². The number of thiazole rings is 1. The second-order valence-electron chi connectivity index (χ2n) is 7.97. The molecule has 1 N–H and O–H groups in total. The Morgan fingerprint density at radius 2 is 2.22 bits per heavy atom. The number of ether oxygens (including phenoxy) is 1. The zero-order valence-electron chi connectivity index (χ0n) is 17.4. The molecule has 2 heterocycles. The number of rotatable bonds is 4. The highest BCUT2D eigenvalue weighted by Crippen LogP contribution is 2.20. The van der Waals surface area contributed by atoms with E-state index in [-0.39, 0.29) is 12.1 Å². The van der Waals surface area contributed by atoms with E-state index in [0.29, 0.717) is 13.1 Å². The maximum atomic E-state index is 12.5. The standard InChI is InChI=1S/C19H33N5O2S/c1-14-22-15(13-27-14)12-23(6)17(20-5)21-11-16-9-7-8-10-24(16)18(25)26-19(2,3)4/h13,16H,7-12H2,1-6H3,(H,20,21). The molecule has 1 aliphatic heterocycles. The van der Waals surface area contributed by atoms with Crippen molar-refractivity contribution < 1.29 is 9.53 Å². The number of aliphatic imine (C=N–C) groups is 1. The Hall–Kier alpha value is -1.83. The van der Waals surface area contributed by atoms with Gasteiger partial charge in [0.1, 0.15) is 5.60 Å². The third-order valence-electron chi connectivity index (χ3n) is 4.39. The molecule has 27 heavy (non-hydrogen) atoms. The van der Waals surface area contributed by atoms with Crippen molar-refractivity contribution in [3.05, 3.63) is 16.1 Å². The first-order valence-corrected chi connectivity index (χ1v) is 10.4. The molecule has 2 rings (SSSR count). The van der Waals surface area contributed by atoms with Crippen molar-refractivity contribution >= 4 is 23.4 Å². The van der Waals surface area contributed by atoms with Gasteiger partial charge in [0.05, 0.1) is 23.3 Å². The van der Waals surface area contributed by atoms with E-state index >= 15 is 0 Å². The Kier molecular flexibility index (Phi) is 7.47. The first kappa shape index (κ1) is 21.5. The van der Waals surface area contributed by atoms with Crippen LogP contribution in [0.1, 0.15) is 50.7 Å². The van der Waals surface area contributed by atoms with Crippen LogP contribution in [0.5, 0.6) is 0 Å². The highest BCUT2D eigenvalue weighted by molar-refractivity contribution is 7.09. The molecule has 0 radical (unpaired) electrons. The lowest BCUT2D eigenvalue weighted by Gasteiger charge is -2.37. The van der Waals surface area contributed by atoms with E-state index in [0.717, 1.165) is 42.5 Å². The van der Waals surface area contributed by atoms with Crippen LogP contribution in [0.3, 0.4) is 0 Å². The van der Waals surface area contributed by atoms with Gasteiger partial charge in [0.2, 0.25) is 0 Å². The van der Waals surface area contributed by atoms with E-state index in [9.17, 15) is 4.79 Å². The number of aromatic nitrogens is 1. The van der Waals surface area contributed by atoms with Crippen LogP contribution < -0.4 is 5.32 Å². The van der Waals surface area contributed by atoms with Crippen LogP contribution in [0.2, 0.25) is 0 Å². The lowest BCUT2D eigenvalue weighted by Crippen LogP contribution is -2.52. The summed E-state index contributed by atoms with van der Waals surface area (Å²) < 4.78 is 5.58. The molecule has 1 aromatic heterocycles. The van der Waals surface area contributed by atoms with Gasteiger partial charge in [-0.05, 0) is 47.0 Å². The second kappa shape index (κ2) is 9.39. The molecule has 0 saturated carbocycles. The van der Waals surface area contributed by atoms with Crippen LogP contribution >= 0.6 is 11.3 Å². The predicted octanol–water partition coefficient (Wildman–Crippen LogP) is 3.25. The summed E-state index contributed by atoms with van der Waals surface area (Å²) in [6.07, 6.45) is 2.89. The first-order valence-electron chi connectivity index (χ1n) is 9.52. The summed E-state index contributed by atoms with van der Waals surface area (Å²) >= 11 is 1.65. The molecule has 1 atom stereocenters. The highest BCUT2D eigenvalue weighted by Gasteiger charge is 2.30. The number of aryl methyl sites for hydroxylation is 1. The SMILES string of the molecule is CN=C(NCC1CCCCN1C(=O)OC(C)(C)C)N(C)Cc1csc(C)n1. The van der Waals surface area contributed by atoms with Gasteiger partial charge in [-0.25, -0.2) is 9.78 Å². The summed E-state index contributed by atoms with van der Waals surface area (Å²) in [6.45, 7) is 9.82. The van der Waals surface area contributed by atoms with Crippen LogP contribution in [-0.4, -0.2) is 65.7 Å². The number of nitrogens with zero attached hydrogens (tertiary/aromatic N) is 4. The third-order valence-corrected chi connectivity index (χ3v) is 5.21. The maximum Gasteiger partial charge on any atom is 0.410 e. The average molecular weight is 396 g/mol. The lowest BCUT2D eigenvalue weighted by molar-refractivity contribution is 0.0104. The molecular formula is C19H33N5O2S. The fraction of sp³-hybridized carbons (Fsp3) is 0.737. The monoisotopic (exact) mass is 395 g/mol. The van der Waals surface area contributed by atoms with Crippen LogP contribution in [0.25, 0.3) is 0 Å². The van der Waals surface area contributed by atoms with Gasteiger partial charge in [0, 0.05) is 32.6 Å². The normalized spacial score (nSPS) is 18.4. The summed E-state index contributed by atoms with van der Waals surface area (Å²) in [5.41, 5.74) is 0.560. The minimum Gasteiger partial charge on any atom is -0.444 e. The molecule has 8 heteroatoms. The Bertz CT molecular complexity index is 653. The number of amides is 1. The minimum atomic E-state index is -0.478. The topological polar surface area (TPSA) is 70.1 Å². The number of carbonyl (C=O) groups excluding carboxylic acids is 1. The van der Waals surface area contributed by atoms with E-state index in [1.54, 1.807) is 18.4 Å². The molecule has 1 amide bonds. The van der Waals surface area contributed by atoms with Gasteiger partial charge in [0.25, 0.3) is 0 Å². The predicted molar refractivity (Wildman–Crippen MR) is 110 cm³/mol. The number of nitrogens with one attached hydrogen (secondary N) is 1. The molecule has 1 fully saturated rings. The van der Waals surface area contributed by atoms with Crippen LogP contribution in [-0.2, 0) is 11.3 Å². The number of hydrogen-bond acceptors (Lipinski definition) is 5. The van der Waals surface area contributed by atoms with E-state index in [1.165, 1.54) is 0 Å². The van der Waals surface area contributed by atoms with Crippen LogP contribution in [0.4, 0.5) is 4.79 Å². The third kappa shape index (κ3) is 6.68. The fourth-order valence-electron chi connectivity index (χ4n) is 3.17. The van der Waals surface area contributed by atoms with Crippen molar-refractivity contribution in [1.29, 1.82) is 0 Å². The van der Waals surface area contributed by atoms with Gasteiger partial charge in [-0.3, -0.25) is 4.99 Å². The molecule has 7 nitrogen and oxygen atoms in total. The number of likely N-dealkylation sites (tertiary alicyclic amines) is 1. The number of piperidine rings is 1. The molecule has 0 spiro atoms. The fourth-order valence-corrected chi connectivity index (χ4v) is 3.77. The Morgan fingerprint density at radius 1 is 1.48 bits per heavy atom. The van der Waals surface area contributed by atoms with Gasteiger partial charge >= 0.3 is 6.09 Å². The van der Waals surface area contributed by atoms with E-state index < -0.39 is 5.60 Å². The molecule has 0 bridgehead atoms. The van der Waals surface area contributed by atoms with Crippen LogP contribution in [0, 0.1) is 6.92 Å². The molecule has 1 aromatic rings. The molecule has 1 saturated heterocycles. The molecule has 1 unspecified atom stereocenters. The van der Waals surface area contributed by atoms with Crippen molar-refractivity contribution in [1.82, 2.24) is 20.1 Å². The summed E-state index contributed by atoms with van der Waals surface area (Å²) in [6, 6.07) is 0.111. The van der Waals surface area contributed by atoms with Crippen LogP contribution in [0.15, 0.2) is 10.4 Å². The Balaban J connectivity index is 1.93. The smallest absolute Gasteiger partial charge is 0.410 e. The Labute approximate surface area is 166 Å². The van der Waals surface area contributed by atoms with Crippen molar-refractivity contribution in [2.24, 2.45) is 4.99 Å². The van der Waals surface area contributed by atoms with Crippen molar-refractivity contribution in [3.8, 4) is 0 Å². The lowest BCUT2D eigenvalue weighted by atomic mass is 10.0. The quantitative estimate of drug-likeness (QED) is 0.626. The van der Waals surface area contributed by atoms with Gasteiger partial charge in [0.15, 0.2) is 5.96 Å². The van der Waals surface area contributed by atoms with E-state index in [1.807, 2.05) is 39.6 Å². The van der Waals surface area contributed by atoms with Gasteiger partial charge < -0.3 is 19.9 Å². The van der Waals surface area contributed by atoms with Gasteiger partial charge in [-0.2, -0.15) is 0 Å².